The quantitative estimate of drug-likeness (QED) is 0.390. The molecule has 0 aliphatic carbocycles. The Hall–Kier alpha value is -3.11. The van der Waals surface area contributed by atoms with E-state index in [2.05, 4.69) is 20.9 Å². The standard InChI is InChI=1S/C27H24BrN3O4S/c28-24-7-5-23-18-25(8-6-22(23)17-24)36(34,35)27(33)31-15-13-30(14-16-31)26(32)21-3-1-19(2-4-21)20-9-11-29-12-10-20/h1-12,17-18,27,33H,13-16H2. The van der Waals surface area contributed by atoms with Crippen molar-refractivity contribution in [3.63, 3.8) is 0 Å². The maximum Gasteiger partial charge on any atom is 0.253 e. The second-order valence-corrected chi connectivity index (χ2v) is 11.6. The zero-order valence-electron chi connectivity index (χ0n) is 19.3. The van der Waals surface area contributed by atoms with E-state index in [1.54, 1.807) is 41.6 Å². The van der Waals surface area contributed by atoms with Crippen LogP contribution in [0.5, 0.6) is 0 Å². The van der Waals surface area contributed by atoms with Crippen molar-refractivity contribution in [3.8, 4) is 11.1 Å². The number of halogens is 1. The van der Waals surface area contributed by atoms with Crippen molar-refractivity contribution < 1.29 is 18.3 Å². The van der Waals surface area contributed by atoms with Crippen LogP contribution >= 0.6 is 15.9 Å². The lowest BCUT2D eigenvalue weighted by molar-refractivity contribution is 0.0231. The molecule has 0 bridgehead atoms. The lowest BCUT2D eigenvalue weighted by Gasteiger charge is -2.36. The minimum atomic E-state index is -4.00. The van der Waals surface area contributed by atoms with Gasteiger partial charge in [-0.15, -0.1) is 0 Å². The molecule has 1 atom stereocenters. The van der Waals surface area contributed by atoms with Gasteiger partial charge in [-0.2, -0.15) is 0 Å². The number of carbonyl (C=O) groups excluding carboxylic acids is 1. The van der Waals surface area contributed by atoms with Gasteiger partial charge in [-0.05, 0) is 70.4 Å². The summed E-state index contributed by atoms with van der Waals surface area (Å²) in [5.74, 6) is -0.117. The van der Waals surface area contributed by atoms with Gasteiger partial charge in [-0.25, -0.2) is 8.42 Å². The van der Waals surface area contributed by atoms with Crippen molar-refractivity contribution in [3.05, 3.63) is 95.2 Å². The van der Waals surface area contributed by atoms with E-state index >= 15 is 0 Å². The van der Waals surface area contributed by atoms with Crippen LogP contribution in [0.2, 0.25) is 0 Å². The number of aliphatic hydroxyl groups is 1. The van der Waals surface area contributed by atoms with Crippen molar-refractivity contribution in [1.82, 2.24) is 14.8 Å². The number of piperazine rings is 1. The van der Waals surface area contributed by atoms with Crippen LogP contribution in [-0.4, -0.2) is 66.0 Å². The number of carbonyl (C=O) groups is 1. The Bertz CT molecular complexity index is 1500. The molecule has 3 aromatic carbocycles. The number of hydrogen-bond acceptors (Lipinski definition) is 6. The molecular weight excluding hydrogens is 542 g/mol. The molecular formula is C27H24BrN3O4S. The molecule has 2 heterocycles. The van der Waals surface area contributed by atoms with Gasteiger partial charge in [0.1, 0.15) is 0 Å². The van der Waals surface area contributed by atoms with Crippen LogP contribution in [0.25, 0.3) is 21.9 Å². The molecule has 1 amide bonds. The monoisotopic (exact) mass is 565 g/mol. The minimum Gasteiger partial charge on any atom is -0.365 e. The zero-order valence-corrected chi connectivity index (χ0v) is 21.7. The van der Waals surface area contributed by atoms with Gasteiger partial charge in [0.05, 0.1) is 4.90 Å². The highest BCUT2D eigenvalue weighted by atomic mass is 79.9. The molecule has 1 N–H and O–H groups in total. The lowest BCUT2D eigenvalue weighted by Crippen LogP contribution is -2.53. The highest BCUT2D eigenvalue weighted by Crippen LogP contribution is 2.26. The van der Waals surface area contributed by atoms with Gasteiger partial charge in [0.15, 0.2) is 0 Å². The molecule has 0 spiro atoms. The van der Waals surface area contributed by atoms with Gasteiger partial charge in [0.2, 0.25) is 15.4 Å². The summed E-state index contributed by atoms with van der Waals surface area (Å²) in [5.41, 5.74) is 0.903. The Balaban J connectivity index is 1.24. The summed E-state index contributed by atoms with van der Waals surface area (Å²) < 4.78 is 27.2. The summed E-state index contributed by atoms with van der Waals surface area (Å²) in [5, 5.41) is 12.5. The fourth-order valence-corrected chi connectivity index (χ4v) is 6.14. The second kappa shape index (κ2) is 10.1. The maximum absolute atomic E-state index is 13.1. The number of rotatable bonds is 5. The van der Waals surface area contributed by atoms with Gasteiger partial charge in [-0.1, -0.05) is 40.2 Å². The Labute approximate surface area is 218 Å². The van der Waals surface area contributed by atoms with E-state index in [9.17, 15) is 18.3 Å². The molecule has 1 saturated heterocycles. The Morgan fingerprint density at radius 3 is 2.14 bits per heavy atom. The third-order valence-electron chi connectivity index (χ3n) is 6.44. The first-order chi connectivity index (χ1) is 17.3. The van der Waals surface area contributed by atoms with E-state index in [1.165, 1.54) is 11.0 Å². The Morgan fingerprint density at radius 2 is 1.44 bits per heavy atom. The number of aliphatic hydroxyl groups excluding tert-OH is 1. The van der Waals surface area contributed by atoms with Gasteiger partial charge in [0, 0.05) is 48.6 Å². The molecule has 0 radical (unpaired) electrons. The third kappa shape index (κ3) is 4.92. The third-order valence-corrected chi connectivity index (χ3v) is 8.70. The fourth-order valence-electron chi connectivity index (χ4n) is 4.37. The molecule has 1 unspecified atom stereocenters. The zero-order chi connectivity index (χ0) is 25.3. The fraction of sp³-hybridized carbons (Fsp3) is 0.185. The molecule has 5 rings (SSSR count). The highest BCUT2D eigenvalue weighted by Gasteiger charge is 2.34. The topological polar surface area (TPSA) is 90.8 Å². The normalized spacial score (nSPS) is 15.7. The van der Waals surface area contributed by atoms with Gasteiger partial charge < -0.3 is 10.0 Å². The molecule has 184 valence electrons. The maximum atomic E-state index is 13.1. The Kier molecular flexibility index (Phi) is 6.90. The number of benzene rings is 3. The van der Waals surface area contributed by atoms with Crippen LogP contribution in [0.4, 0.5) is 0 Å². The average Bonchev–Trinajstić information content (AvgIpc) is 2.92. The summed E-state index contributed by atoms with van der Waals surface area (Å²) in [4.78, 5) is 20.3. The van der Waals surface area contributed by atoms with E-state index in [0.29, 0.717) is 18.7 Å². The molecule has 4 aromatic rings. The number of sulfone groups is 1. The van der Waals surface area contributed by atoms with Crippen molar-refractivity contribution in [2.45, 2.75) is 10.5 Å². The number of hydrogen-bond donors (Lipinski definition) is 1. The molecule has 9 heteroatoms. The molecule has 7 nitrogen and oxygen atoms in total. The smallest absolute Gasteiger partial charge is 0.253 e. The number of fused-ring (bicyclic) bond motifs is 1. The van der Waals surface area contributed by atoms with Gasteiger partial charge in [-0.3, -0.25) is 14.7 Å². The van der Waals surface area contributed by atoms with Crippen molar-refractivity contribution >= 4 is 42.4 Å². The molecule has 36 heavy (non-hydrogen) atoms. The second-order valence-electron chi connectivity index (χ2n) is 8.67. The van der Waals surface area contributed by atoms with Crippen LogP contribution in [0, 0.1) is 0 Å². The molecule has 1 fully saturated rings. The summed E-state index contributed by atoms with van der Waals surface area (Å²) in [6.07, 6.45) is 3.45. The summed E-state index contributed by atoms with van der Waals surface area (Å²) in [6, 6.07) is 21.6. The number of aromatic nitrogens is 1. The SMILES string of the molecule is O=C(c1ccc(-c2ccncc2)cc1)N1CCN(C(O)S(=O)(=O)c2ccc3cc(Br)ccc3c2)CC1. The number of amides is 1. The number of nitrogens with zero attached hydrogens (tertiary/aromatic N) is 3. The van der Waals surface area contributed by atoms with Crippen molar-refractivity contribution in [1.29, 1.82) is 0 Å². The first kappa shape index (κ1) is 24.6. The minimum absolute atomic E-state index is 0.0672. The highest BCUT2D eigenvalue weighted by molar-refractivity contribution is 9.10. The predicted octanol–water partition coefficient (Wildman–Crippen LogP) is 4.17. The van der Waals surface area contributed by atoms with E-state index < -0.39 is 15.4 Å². The largest absolute Gasteiger partial charge is 0.365 e. The molecule has 1 aromatic heterocycles. The van der Waals surface area contributed by atoms with Crippen LogP contribution in [0.1, 0.15) is 10.4 Å². The van der Waals surface area contributed by atoms with E-state index in [4.69, 9.17) is 0 Å². The summed E-state index contributed by atoms with van der Waals surface area (Å²) in [7, 11) is -4.00. The number of pyridine rings is 1. The first-order valence-electron chi connectivity index (χ1n) is 11.5. The van der Waals surface area contributed by atoms with Crippen LogP contribution < -0.4 is 0 Å². The first-order valence-corrected chi connectivity index (χ1v) is 13.8. The Morgan fingerprint density at radius 1 is 0.833 bits per heavy atom. The molecule has 1 aliphatic rings. The lowest BCUT2D eigenvalue weighted by atomic mass is 10.0. The summed E-state index contributed by atoms with van der Waals surface area (Å²) in [6.45, 7) is 1.15. The van der Waals surface area contributed by atoms with E-state index in [1.807, 2.05) is 42.5 Å². The molecule has 1 aliphatic heterocycles. The van der Waals surface area contributed by atoms with Crippen LogP contribution in [-0.2, 0) is 9.84 Å². The van der Waals surface area contributed by atoms with Crippen LogP contribution in [0.3, 0.4) is 0 Å². The van der Waals surface area contributed by atoms with Gasteiger partial charge >= 0.3 is 0 Å². The molecule has 0 saturated carbocycles. The van der Waals surface area contributed by atoms with Crippen molar-refractivity contribution in [2.24, 2.45) is 0 Å². The van der Waals surface area contributed by atoms with Gasteiger partial charge in [0.25, 0.3) is 5.91 Å². The average molecular weight is 566 g/mol. The predicted molar refractivity (Wildman–Crippen MR) is 142 cm³/mol. The van der Waals surface area contributed by atoms with Crippen LogP contribution in [0.15, 0.2) is 94.6 Å². The van der Waals surface area contributed by atoms with E-state index in [-0.39, 0.29) is 23.9 Å². The summed E-state index contributed by atoms with van der Waals surface area (Å²) >= 11 is 3.41. The van der Waals surface area contributed by atoms with Crippen molar-refractivity contribution in [2.75, 3.05) is 26.2 Å². The van der Waals surface area contributed by atoms with E-state index in [0.717, 1.165) is 26.4 Å².